The average Bonchev–Trinajstić information content (AvgIpc) is 2.83. The molecule has 0 bridgehead atoms. The average molecular weight is 341 g/mol. The summed E-state index contributed by atoms with van der Waals surface area (Å²) in [5, 5.41) is 0. The summed E-state index contributed by atoms with van der Waals surface area (Å²) in [6, 6.07) is 7.84. The Bertz CT molecular complexity index is 628. The Morgan fingerprint density at radius 3 is 2.68 bits per heavy atom. The van der Waals surface area contributed by atoms with Gasteiger partial charge < -0.3 is 4.90 Å². The molecule has 1 aliphatic heterocycles. The van der Waals surface area contributed by atoms with Gasteiger partial charge in [0.2, 0.25) is 5.91 Å². The van der Waals surface area contributed by atoms with Crippen molar-refractivity contribution < 1.29 is 13.2 Å². The van der Waals surface area contributed by atoms with Crippen LogP contribution in [-0.2, 0) is 14.6 Å². The molecule has 1 aromatic carbocycles. The van der Waals surface area contributed by atoms with Crippen molar-refractivity contribution in [3.8, 4) is 0 Å². The van der Waals surface area contributed by atoms with E-state index in [1.54, 1.807) is 4.90 Å². The highest BCUT2D eigenvalue weighted by Crippen LogP contribution is 2.24. The number of hydrogen-bond acceptors (Lipinski definition) is 4. The predicted octanol–water partition coefficient (Wildman–Crippen LogP) is 2.51. The second kappa shape index (κ2) is 7.51. The van der Waals surface area contributed by atoms with E-state index in [2.05, 4.69) is 0 Å². The van der Waals surface area contributed by atoms with Crippen molar-refractivity contribution in [2.45, 2.75) is 37.6 Å². The monoisotopic (exact) mass is 341 g/mol. The molecule has 0 N–H and O–H groups in total. The maximum atomic E-state index is 12.5. The van der Waals surface area contributed by atoms with Crippen molar-refractivity contribution in [1.82, 2.24) is 4.90 Å². The van der Waals surface area contributed by atoms with Gasteiger partial charge >= 0.3 is 0 Å². The first-order valence-electron chi connectivity index (χ1n) is 7.61. The highest BCUT2D eigenvalue weighted by molar-refractivity contribution is 8.00. The van der Waals surface area contributed by atoms with Crippen LogP contribution in [0.2, 0.25) is 0 Å². The molecule has 22 heavy (non-hydrogen) atoms. The van der Waals surface area contributed by atoms with Crippen molar-refractivity contribution in [2.24, 2.45) is 0 Å². The Hall–Kier alpha value is -1.01. The normalized spacial score (nSPS) is 20.0. The van der Waals surface area contributed by atoms with Crippen LogP contribution in [-0.4, -0.2) is 49.1 Å². The summed E-state index contributed by atoms with van der Waals surface area (Å²) in [4.78, 5) is 15.4. The van der Waals surface area contributed by atoms with Crippen LogP contribution in [0.4, 0.5) is 0 Å². The van der Waals surface area contributed by atoms with E-state index in [0.717, 1.165) is 16.9 Å². The van der Waals surface area contributed by atoms with Gasteiger partial charge in [-0.3, -0.25) is 4.79 Å². The van der Waals surface area contributed by atoms with Crippen LogP contribution in [0.1, 0.15) is 25.3 Å². The van der Waals surface area contributed by atoms with Crippen molar-refractivity contribution in [3.05, 3.63) is 29.8 Å². The van der Waals surface area contributed by atoms with Gasteiger partial charge in [-0.25, -0.2) is 8.42 Å². The summed E-state index contributed by atoms with van der Waals surface area (Å²) < 4.78 is 23.3. The molecular weight excluding hydrogens is 318 g/mol. The SMILES string of the molecule is CCCN(C(=O)CSc1ccccc1C)C1CCS(=O)(=O)C1. The molecule has 4 nitrogen and oxygen atoms in total. The molecule has 1 aromatic rings. The van der Waals surface area contributed by atoms with Crippen molar-refractivity contribution in [1.29, 1.82) is 0 Å². The molecule has 122 valence electrons. The predicted molar refractivity (Wildman–Crippen MR) is 91.0 cm³/mol. The van der Waals surface area contributed by atoms with Gasteiger partial charge in [0, 0.05) is 17.5 Å². The van der Waals surface area contributed by atoms with Gasteiger partial charge in [-0.1, -0.05) is 25.1 Å². The number of sulfone groups is 1. The Morgan fingerprint density at radius 1 is 1.36 bits per heavy atom. The maximum Gasteiger partial charge on any atom is 0.233 e. The fourth-order valence-corrected chi connectivity index (χ4v) is 5.36. The van der Waals surface area contributed by atoms with Gasteiger partial charge in [-0.15, -0.1) is 11.8 Å². The summed E-state index contributed by atoms with van der Waals surface area (Å²) in [5.41, 5.74) is 1.16. The number of aryl methyl sites for hydroxylation is 1. The lowest BCUT2D eigenvalue weighted by molar-refractivity contribution is -0.130. The van der Waals surface area contributed by atoms with Crippen molar-refractivity contribution in [3.63, 3.8) is 0 Å². The number of nitrogens with zero attached hydrogens (tertiary/aromatic N) is 1. The van der Waals surface area contributed by atoms with Gasteiger partial charge in [-0.2, -0.15) is 0 Å². The fourth-order valence-electron chi connectivity index (χ4n) is 2.71. The number of thioether (sulfide) groups is 1. The van der Waals surface area contributed by atoms with E-state index < -0.39 is 9.84 Å². The van der Waals surface area contributed by atoms with Crippen molar-refractivity contribution >= 4 is 27.5 Å². The van der Waals surface area contributed by atoms with Crippen LogP contribution in [0.3, 0.4) is 0 Å². The minimum Gasteiger partial charge on any atom is -0.338 e. The molecule has 6 heteroatoms. The highest BCUT2D eigenvalue weighted by atomic mass is 32.2. The Balaban J connectivity index is 2.00. The Labute approximate surface area is 137 Å². The lowest BCUT2D eigenvalue weighted by Gasteiger charge is -2.28. The molecule has 0 spiro atoms. The van der Waals surface area contributed by atoms with Crippen LogP contribution in [0.15, 0.2) is 29.2 Å². The van der Waals surface area contributed by atoms with Crippen LogP contribution in [0.5, 0.6) is 0 Å². The maximum absolute atomic E-state index is 12.5. The topological polar surface area (TPSA) is 54.5 Å². The zero-order chi connectivity index (χ0) is 16.2. The summed E-state index contributed by atoms with van der Waals surface area (Å²) in [6.45, 7) is 4.67. The van der Waals surface area contributed by atoms with E-state index in [4.69, 9.17) is 0 Å². The number of rotatable bonds is 6. The molecule has 0 aromatic heterocycles. The van der Waals surface area contributed by atoms with Crippen LogP contribution >= 0.6 is 11.8 Å². The number of carbonyl (C=O) groups is 1. The molecule has 2 rings (SSSR count). The van der Waals surface area contributed by atoms with Crippen LogP contribution in [0.25, 0.3) is 0 Å². The fraction of sp³-hybridized carbons (Fsp3) is 0.562. The van der Waals surface area contributed by atoms with E-state index in [9.17, 15) is 13.2 Å². The zero-order valence-corrected chi connectivity index (χ0v) is 14.8. The summed E-state index contributed by atoms with van der Waals surface area (Å²) >= 11 is 1.53. The lowest BCUT2D eigenvalue weighted by Crippen LogP contribution is -2.42. The van der Waals surface area contributed by atoms with E-state index >= 15 is 0 Å². The molecule has 1 atom stereocenters. The van der Waals surface area contributed by atoms with Gasteiger partial charge in [0.05, 0.1) is 17.3 Å². The number of amides is 1. The smallest absolute Gasteiger partial charge is 0.233 e. The Morgan fingerprint density at radius 2 is 2.09 bits per heavy atom. The largest absolute Gasteiger partial charge is 0.338 e. The van der Waals surface area contributed by atoms with Crippen LogP contribution < -0.4 is 0 Å². The number of hydrogen-bond donors (Lipinski definition) is 0. The number of benzene rings is 1. The summed E-state index contributed by atoms with van der Waals surface area (Å²) in [5.74, 6) is 0.725. The van der Waals surface area contributed by atoms with E-state index in [1.165, 1.54) is 11.8 Å². The van der Waals surface area contributed by atoms with Gasteiger partial charge in [0.25, 0.3) is 0 Å². The van der Waals surface area contributed by atoms with E-state index in [1.807, 2.05) is 38.1 Å². The first-order chi connectivity index (χ1) is 10.4. The van der Waals surface area contributed by atoms with Crippen molar-refractivity contribution in [2.75, 3.05) is 23.8 Å². The summed E-state index contributed by atoms with van der Waals surface area (Å²) in [6.07, 6.45) is 1.42. The lowest BCUT2D eigenvalue weighted by atomic mass is 10.2. The molecule has 1 aliphatic rings. The minimum absolute atomic E-state index is 0.0391. The molecule has 1 saturated heterocycles. The van der Waals surface area contributed by atoms with Gasteiger partial charge in [-0.05, 0) is 31.4 Å². The third kappa shape index (κ3) is 4.49. The third-order valence-electron chi connectivity index (χ3n) is 3.88. The second-order valence-electron chi connectivity index (χ2n) is 5.70. The van der Waals surface area contributed by atoms with E-state index in [-0.39, 0.29) is 23.5 Å². The zero-order valence-electron chi connectivity index (χ0n) is 13.1. The second-order valence-corrected chi connectivity index (χ2v) is 8.94. The molecule has 0 saturated carbocycles. The molecular formula is C16H23NO3S2. The van der Waals surface area contributed by atoms with E-state index in [0.29, 0.717) is 18.7 Å². The molecule has 1 amide bonds. The molecule has 0 radical (unpaired) electrons. The minimum atomic E-state index is -2.97. The van der Waals surface area contributed by atoms with Crippen LogP contribution in [0, 0.1) is 6.92 Å². The highest BCUT2D eigenvalue weighted by Gasteiger charge is 2.34. The Kier molecular flexibility index (Phi) is 5.92. The first-order valence-corrected chi connectivity index (χ1v) is 10.4. The summed E-state index contributed by atoms with van der Waals surface area (Å²) in [7, 11) is -2.97. The van der Waals surface area contributed by atoms with Gasteiger partial charge in [0.1, 0.15) is 0 Å². The molecule has 1 unspecified atom stereocenters. The number of carbonyl (C=O) groups excluding carboxylic acids is 1. The molecule has 1 fully saturated rings. The first kappa shape index (κ1) is 17.3. The molecule has 0 aliphatic carbocycles. The standard InChI is InChI=1S/C16H23NO3S2/c1-3-9-17(14-8-10-22(19,20)12-14)16(18)11-21-15-7-5-4-6-13(15)2/h4-7,14H,3,8-12H2,1-2H3. The van der Waals surface area contributed by atoms with Gasteiger partial charge in [0.15, 0.2) is 9.84 Å². The third-order valence-corrected chi connectivity index (χ3v) is 6.79. The quantitative estimate of drug-likeness (QED) is 0.746. The molecule has 1 heterocycles.